The first-order valence-electron chi connectivity index (χ1n) is 9.05. The van der Waals surface area contributed by atoms with Gasteiger partial charge in [0.25, 0.3) is 0 Å². The Morgan fingerprint density at radius 3 is 2.64 bits per heavy atom. The van der Waals surface area contributed by atoms with Crippen molar-refractivity contribution in [2.75, 3.05) is 37.7 Å². The third kappa shape index (κ3) is 3.18. The molecule has 2 fully saturated rings. The molecule has 25 heavy (non-hydrogen) atoms. The van der Waals surface area contributed by atoms with E-state index in [1.54, 1.807) is 0 Å². The molecule has 1 aromatic heterocycles. The molecule has 2 saturated heterocycles. The van der Waals surface area contributed by atoms with E-state index >= 15 is 0 Å². The maximum Gasteiger partial charge on any atom is 0.222 e. The van der Waals surface area contributed by atoms with Crippen LogP contribution in [-0.2, 0) is 4.79 Å². The van der Waals surface area contributed by atoms with Crippen molar-refractivity contribution in [2.45, 2.75) is 25.7 Å². The minimum atomic E-state index is 0.0423. The van der Waals surface area contributed by atoms with Crippen molar-refractivity contribution in [3.8, 4) is 0 Å². The summed E-state index contributed by atoms with van der Waals surface area (Å²) in [6.07, 6.45) is 5.54. The van der Waals surface area contributed by atoms with E-state index in [4.69, 9.17) is 4.98 Å². The van der Waals surface area contributed by atoms with E-state index < -0.39 is 0 Å². The molecule has 132 valence electrons. The summed E-state index contributed by atoms with van der Waals surface area (Å²) in [5.74, 6) is 1.12. The summed E-state index contributed by atoms with van der Waals surface area (Å²) in [5.41, 5.74) is 2.05. The Morgan fingerprint density at radius 1 is 1.12 bits per heavy atom. The number of aromatic nitrogens is 2. The highest BCUT2D eigenvalue weighted by atomic mass is 16.3. The Morgan fingerprint density at radius 2 is 1.88 bits per heavy atom. The number of aliphatic hydroxyl groups is 1. The molecule has 4 rings (SSSR count). The summed E-state index contributed by atoms with van der Waals surface area (Å²) in [5, 5.41) is 9.18. The third-order valence-corrected chi connectivity index (χ3v) is 5.70. The molecule has 2 aliphatic heterocycles. The minimum Gasteiger partial charge on any atom is -0.395 e. The number of carbonyl (C=O) groups is 1. The summed E-state index contributed by atoms with van der Waals surface area (Å²) >= 11 is 0. The number of benzene rings is 1. The number of fused-ring (bicyclic) bond motifs is 1. The summed E-state index contributed by atoms with van der Waals surface area (Å²) < 4.78 is 0. The van der Waals surface area contributed by atoms with Crippen LogP contribution < -0.4 is 4.90 Å². The number of para-hydroxylation sites is 2. The van der Waals surface area contributed by atoms with Crippen molar-refractivity contribution in [3.05, 3.63) is 30.5 Å². The van der Waals surface area contributed by atoms with Gasteiger partial charge in [-0.25, -0.2) is 4.98 Å². The summed E-state index contributed by atoms with van der Waals surface area (Å²) in [6, 6.07) is 7.94. The normalized spacial score (nSPS) is 20.4. The highest BCUT2D eigenvalue weighted by Gasteiger charge is 2.41. The first kappa shape index (κ1) is 16.3. The minimum absolute atomic E-state index is 0.0423. The standard InChI is InChI=1S/C19H24N4O2/c24-12-11-23-14-19(6-5-18(23)25)7-9-22(10-8-19)17-13-20-15-3-1-2-4-16(15)21-17/h1-4,13,24H,5-12,14H2. The summed E-state index contributed by atoms with van der Waals surface area (Å²) in [4.78, 5) is 25.4. The number of β-amino-alcohol motifs (C(OH)–C–C–N with tert-alkyl or cyclic N) is 1. The topological polar surface area (TPSA) is 69.6 Å². The molecule has 6 nitrogen and oxygen atoms in total. The van der Waals surface area contributed by atoms with Gasteiger partial charge in [-0.3, -0.25) is 9.78 Å². The Labute approximate surface area is 147 Å². The zero-order chi connectivity index (χ0) is 17.3. The lowest BCUT2D eigenvalue weighted by molar-refractivity contribution is -0.138. The smallest absolute Gasteiger partial charge is 0.222 e. The molecular formula is C19H24N4O2. The zero-order valence-corrected chi connectivity index (χ0v) is 14.4. The second-order valence-electron chi connectivity index (χ2n) is 7.24. The Kier molecular flexibility index (Phi) is 4.29. The lowest BCUT2D eigenvalue weighted by Gasteiger charge is -2.47. The molecule has 0 unspecified atom stereocenters. The number of anilines is 1. The van der Waals surface area contributed by atoms with E-state index in [0.717, 1.165) is 55.7 Å². The Bertz CT molecular complexity index is 771. The van der Waals surface area contributed by atoms with Gasteiger partial charge in [-0.15, -0.1) is 0 Å². The number of hydrogen-bond donors (Lipinski definition) is 1. The Hall–Kier alpha value is -2.21. The van der Waals surface area contributed by atoms with Crippen molar-refractivity contribution < 1.29 is 9.90 Å². The van der Waals surface area contributed by atoms with Crippen LogP contribution in [0.15, 0.2) is 30.5 Å². The lowest BCUT2D eigenvalue weighted by atomic mass is 9.72. The molecule has 1 amide bonds. The predicted molar refractivity (Wildman–Crippen MR) is 96.3 cm³/mol. The molecule has 0 saturated carbocycles. The lowest BCUT2D eigenvalue weighted by Crippen LogP contribution is -2.52. The van der Waals surface area contributed by atoms with E-state index in [1.807, 2.05) is 35.4 Å². The first-order valence-corrected chi connectivity index (χ1v) is 9.05. The van der Waals surface area contributed by atoms with Crippen LogP contribution in [0.5, 0.6) is 0 Å². The number of amides is 1. The fraction of sp³-hybridized carbons (Fsp3) is 0.526. The first-order chi connectivity index (χ1) is 12.2. The molecule has 0 aliphatic carbocycles. The number of hydrogen-bond acceptors (Lipinski definition) is 5. The van der Waals surface area contributed by atoms with Gasteiger partial charge in [-0.1, -0.05) is 12.1 Å². The van der Waals surface area contributed by atoms with Crippen LogP contribution in [0, 0.1) is 5.41 Å². The molecule has 1 spiro atoms. The average molecular weight is 340 g/mol. The zero-order valence-electron chi connectivity index (χ0n) is 14.4. The van der Waals surface area contributed by atoms with Gasteiger partial charge in [0.05, 0.1) is 23.8 Å². The summed E-state index contributed by atoms with van der Waals surface area (Å²) in [7, 11) is 0. The van der Waals surface area contributed by atoms with Crippen LogP contribution in [0.25, 0.3) is 11.0 Å². The van der Waals surface area contributed by atoms with E-state index in [1.165, 1.54) is 0 Å². The molecule has 2 aromatic rings. The predicted octanol–water partition coefficient (Wildman–Crippen LogP) is 1.83. The number of likely N-dealkylation sites (tertiary alicyclic amines) is 1. The van der Waals surface area contributed by atoms with Crippen LogP contribution in [0.3, 0.4) is 0 Å². The number of piperidine rings is 2. The monoisotopic (exact) mass is 340 g/mol. The van der Waals surface area contributed by atoms with Crippen LogP contribution >= 0.6 is 0 Å². The maximum atomic E-state index is 12.0. The van der Waals surface area contributed by atoms with Gasteiger partial charge in [-0.05, 0) is 36.8 Å². The van der Waals surface area contributed by atoms with Crippen molar-refractivity contribution in [3.63, 3.8) is 0 Å². The SMILES string of the molecule is O=C1CCC2(CCN(c3cnc4ccccc4n3)CC2)CN1CCO. The van der Waals surface area contributed by atoms with Gasteiger partial charge in [0.1, 0.15) is 5.82 Å². The third-order valence-electron chi connectivity index (χ3n) is 5.70. The molecule has 0 radical (unpaired) electrons. The highest BCUT2D eigenvalue weighted by Crippen LogP contribution is 2.40. The molecule has 1 N–H and O–H groups in total. The van der Waals surface area contributed by atoms with Crippen LogP contribution in [-0.4, -0.2) is 58.7 Å². The van der Waals surface area contributed by atoms with Crippen molar-refractivity contribution in [1.29, 1.82) is 0 Å². The fourth-order valence-corrected chi connectivity index (χ4v) is 4.14. The van der Waals surface area contributed by atoms with Crippen molar-refractivity contribution in [1.82, 2.24) is 14.9 Å². The Balaban J connectivity index is 1.46. The van der Waals surface area contributed by atoms with Gasteiger partial charge in [0.15, 0.2) is 0 Å². The number of aliphatic hydroxyl groups excluding tert-OH is 1. The molecule has 3 heterocycles. The second-order valence-corrected chi connectivity index (χ2v) is 7.24. The van der Waals surface area contributed by atoms with E-state index in [9.17, 15) is 9.90 Å². The van der Waals surface area contributed by atoms with Gasteiger partial charge in [0.2, 0.25) is 5.91 Å². The van der Waals surface area contributed by atoms with Gasteiger partial charge in [-0.2, -0.15) is 0 Å². The number of nitrogens with zero attached hydrogens (tertiary/aromatic N) is 4. The maximum absolute atomic E-state index is 12.0. The second kappa shape index (κ2) is 6.59. The molecule has 2 aliphatic rings. The average Bonchev–Trinajstić information content (AvgIpc) is 2.65. The van der Waals surface area contributed by atoms with E-state index in [-0.39, 0.29) is 17.9 Å². The van der Waals surface area contributed by atoms with Crippen LogP contribution in [0.2, 0.25) is 0 Å². The van der Waals surface area contributed by atoms with Gasteiger partial charge >= 0.3 is 0 Å². The van der Waals surface area contributed by atoms with Crippen LogP contribution in [0.1, 0.15) is 25.7 Å². The number of carbonyl (C=O) groups excluding carboxylic acids is 1. The van der Waals surface area contributed by atoms with Gasteiger partial charge < -0.3 is 14.9 Å². The van der Waals surface area contributed by atoms with Crippen LogP contribution in [0.4, 0.5) is 5.82 Å². The molecule has 6 heteroatoms. The number of rotatable bonds is 3. The fourth-order valence-electron chi connectivity index (χ4n) is 4.14. The molecule has 0 bridgehead atoms. The molecule has 0 atom stereocenters. The molecule has 1 aromatic carbocycles. The van der Waals surface area contributed by atoms with Crippen molar-refractivity contribution >= 4 is 22.8 Å². The van der Waals surface area contributed by atoms with Gasteiger partial charge in [0, 0.05) is 32.6 Å². The largest absolute Gasteiger partial charge is 0.395 e. The highest BCUT2D eigenvalue weighted by molar-refractivity contribution is 5.77. The summed E-state index contributed by atoms with van der Waals surface area (Å²) in [6.45, 7) is 3.16. The van der Waals surface area contributed by atoms with E-state index in [0.29, 0.717) is 13.0 Å². The molecular weight excluding hydrogens is 316 g/mol. The van der Waals surface area contributed by atoms with Crippen molar-refractivity contribution in [2.24, 2.45) is 5.41 Å². The quantitative estimate of drug-likeness (QED) is 0.923. The van der Waals surface area contributed by atoms with E-state index in [2.05, 4.69) is 9.88 Å².